The Kier molecular flexibility index (Phi) is 5.39. The highest BCUT2D eigenvalue weighted by molar-refractivity contribution is 7.00. The Balaban J connectivity index is 1.52. The van der Waals surface area contributed by atoms with Crippen molar-refractivity contribution in [1.29, 1.82) is 0 Å². The normalized spacial score (nSPS) is 15.6. The van der Waals surface area contributed by atoms with Crippen LogP contribution in [0.5, 0.6) is 34.5 Å². The second kappa shape index (κ2) is 8.49. The van der Waals surface area contributed by atoms with Crippen LogP contribution < -0.4 is 35.5 Å². The summed E-state index contributed by atoms with van der Waals surface area (Å²) in [6.45, 7) is 27.1. The number of rotatable bonds is 0. The Bertz CT molecular complexity index is 1960. The molecule has 8 rings (SSSR count). The largest absolute Gasteiger partial charge is 0.458 e. The molecule has 0 N–H and O–H groups in total. The summed E-state index contributed by atoms with van der Waals surface area (Å²) in [4.78, 5) is 2.42. The molecule has 0 aliphatic carbocycles. The van der Waals surface area contributed by atoms with E-state index in [0.717, 1.165) is 62.6 Å². The second-order valence-corrected chi connectivity index (χ2v) is 17.5. The number of nitrogens with zero attached hydrogens (tertiary/aromatic N) is 1. The van der Waals surface area contributed by atoms with Gasteiger partial charge in [-0.05, 0) is 80.2 Å². The minimum atomic E-state index is -0.175. The average molecular weight is 598 g/mol. The zero-order valence-corrected chi connectivity index (χ0v) is 28.9. The van der Waals surface area contributed by atoms with Gasteiger partial charge in [-0.2, -0.15) is 0 Å². The minimum Gasteiger partial charge on any atom is -0.458 e. The first-order valence-electron chi connectivity index (χ1n) is 16.4. The van der Waals surface area contributed by atoms with Crippen molar-refractivity contribution in [3.63, 3.8) is 0 Å². The third-order valence-corrected chi connectivity index (χ3v) is 10.1. The lowest BCUT2D eigenvalue weighted by molar-refractivity contribution is 0.431. The average Bonchev–Trinajstić information content (AvgIpc) is 2.92. The standard InChI is InChI=1S/C40H44BNO3/c1-37(2,3)21-13-15-25-27(17-21)43-30-20-24(40(10,11)12)36-33-34(30)42(25)26-16-14-23(39(7,8)9)35-31(26)41(33)32-28(44-35)18-22(38(4,5)6)19-29(32)45-36/h13-20H,1-12H3. The molecule has 0 bridgehead atoms. The van der Waals surface area contributed by atoms with Crippen LogP contribution in [0.1, 0.15) is 105 Å². The first-order chi connectivity index (χ1) is 20.8. The van der Waals surface area contributed by atoms with Gasteiger partial charge in [-0.1, -0.05) is 95.2 Å². The Morgan fingerprint density at radius 3 is 1.60 bits per heavy atom. The highest BCUT2D eigenvalue weighted by Crippen LogP contribution is 2.57. The Morgan fingerprint density at radius 1 is 0.467 bits per heavy atom. The van der Waals surface area contributed by atoms with Crippen LogP contribution >= 0.6 is 0 Å². The fraction of sp³-hybridized carbons (Fsp3) is 0.400. The number of anilines is 3. The van der Waals surface area contributed by atoms with Gasteiger partial charge in [-0.25, -0.2) is 0 Å². The van der Waals surface area contributed by atoms with Crippen molar-refractivity contribution in [2.75, 3.05) is 4.90 Å². The molecule has 45 heavy (non-hydrogen) atoms. The van der Waals surface area contributed by atoms with Gasteiger partial charge >= 0.3 is 0 Å². The summed E-state index contributed by atoms with van der Waals surface area (Å²) < 4.78 is 21.1. The highest BCUT2D eigenvalue weighted by atomic mass is 16.5. The summed E-state index contributed by atoms with van der Waals surface area (Å²) >= 11 is 0. The van der Waals surface area contributed by atoms with Crippen LogP contribution in [0.25, 0.3) is 0 Å². The van der Waals surface area contributed by atoms with E-state index >= 15 is 0 Å². The summed E-state index contributed by atoms with van der Waals surface area (Å²) in [7, 11) is 0. The van der Waals surface area contributed by atoms with E-state index in [1.165, 1.54) is 27.6 Å². The van der Waals surface area contributed by atoms with Crippen LogP contribution in [-0.2, 0) is 21.7 Å². The van der Waals surface area contributed by atoms with Gasteiger partial charge in [-0.3, -0.25) is 0 Å². The molecular formula is C40H44BNO3. The summed E-state index contributed by atoms with van der Waals surface area (Å²) in [6, 6.07) is 18.0. The van der Waals surface area contributed by atoms with Gasteiger partial charge in [0.05, 0.1) is 11.4 Å². The number of benzene rings is 4. The van der Waals surface area contributed by atoms with Crippen molar-refractivity contribution < 1.29 is 14.2 Å². The molecule has 0 unspecified atom stereocenters. The van der Waals surface area contributed by atoms with Gasteiger partial charge < -0.3 is 19.1 Å². The number of hydrogen-bond donors (Lipinski definition) is 0. The van der Waals surface area contributed by atoms with Crippen LogP contribution in [0.4, 0.5) is 17.1 Å². The van der Waals surface area contributed by atoms with Gasteiger partial charge in [0.25, 0.3) is 6.71 Å². The predicted molar refractivity (Wildman–Crippen MR) is 187 cm³/mol. The Hall–Kier alpha value is -3.86. The van der Waals surface area contributed by atoms with Crippen LogP contribution in [0.15, 0.2) is 48.5 Å². The first-order valence-corrected chi connectivity index (χ1v) is 16.4. The molecule has 4 nitrogen and oxygen atoms in total. The third-order valence-electron chi connectivity index (χ3n) is 10.1. The minimum absolute atomic E-state index is 0.000691. The lowest BCUT2D eigenvalue weighted by atomic mass is 9.32. The fourth-order valence-corrected chi connectivity index (χ4v) is 7.53. The molecule has 4 aromatic rings. The molecule has 230 valence electrons. The van der Waals surface area contributed by atoms with E-state index in [9.17, 15) is 0 Å². The fourth-order valence-electron chi connectivity index (χ4n) is 7.53. The van der Waals surface area contributed by atoms with Crippen molar-refractivity contribution in [2.24, 2.45) is 0 Å². The number of hydrogen-bond acceptors (Lipinski definition) is 4. The Morgan fingerprint density at radius 2 is 1.02 bits per heavy atom. The van der Waals surface area contributed by atoms with E-state index < -0.39 is 0 Å². The predicted octanol–water partition coefficient (Wildman–Crippen LogP) is 9.49. The molecule has 0 saturated heterocycles. The third kappa shape index (κ3) is 3.92. The van der Waals surface area contributed by atoms with Gasteiger partial charge in [0, 0.05) is 22.2 Å². The molecule has 0 radical (unpaired) electrons. The van der Waals surface area contributed by atoms with Gasteiger partial charge in [-0.15, -0.1) is 0 Å². The van der Waals surface area contributed by atoms with E-state index in [1.54, 1.807) is 0 Å². The van der Waals surface area contributed by atoms with E-state index in [1.807, 2.05) is 0 Å². The molecule has 4 aliphatic heterocycles. The quantitative estimate of drug-likeness (QED) is 0.163. The van der Waals surface area contributed by atoms with Crippen LogP contribution in [0.2, 0.25) is 0 Å². The van der Waals surface area contributed by atoms with E-state index in [-0.39, 0.29) is 28.4 Å². The van der Waals surface area contributed by atoms with Crippen LogP contribution in [0, 0.1) is 0 Å². The molecule has 4 aromatic carbocycles. The zero-order chi connectivity index (χ0) is 32.2. The topological polar surface area (TPSA) is 30.9 Å². The zero-order valence-electron chi connectivity index (χ0n) is 28.9. The van der Waals surface area contributed by atoms with E-state index in [4.69, 9.17) is 14.2 Å². The monoisotopic (exact) mass is 597 g/mol. The highest BCUT2D eigenvalue weighted by Gasteiger charge is 2.52. The molecule has 4 aliphatic rings. The molecule has 0 atom stereocenters. The summed E-state index contributed by atoms with van der Waals surface area (Å²) in [6.07, 6.45) is 0. The SMILES string of the molecule is CC(C)(C)c1ccc2c(c1)Oc1cc(C(C)(C)C)c3c4c1N2c1ccc(C(C)(C)C)c2c1B4c1c(cc(C(C)(C)C)cc1O3)O2. The number of ether oxygens (including phenoxy) is 3. The van der Waals surface area contributed by atoms with Gasteiger partial charge in [0.1, 0.15) is 23.0 Å². The lowest BCUT2D eigenvalue weighted by Gasteiger charge is -2.47. The molecular weight excluding hydrogens is 553 g/mol. The molecule has 0 aromatic heterocycles. The summed E-state index contributed by atoms with van der Waals surface area (Å²) in [5.41, 5.74) is 11.3. The van der Waals surface area contributed by atoms with E-state index in [0.29, 0.717) is 0 Å². The van der Waals surface area contributed by atoms with E-state index in [2.05, 4.69) is 137 Å². The maximum absolute atomic E-state index is 7.10. The van der Waals surface area contributed by atoms with Crippen molar-refractivity contribution in [3.8, 4) is 34.5 Å². The smallest absolute Gasteiger partial charge is 0.266 e. The van der Waals surface area contributed by atoms with Crippen LogP contribution in [0.3, 0.4) is 0 Å². The number of fused-ring (bicyclic) bond motifs is 3. The van der Waals surface area contributed by atoms with Crippen molar-refractivity contribution >= 4 is 40.2 Å². The summed E-state index contributed by atoms with van der Waals surface area (Å²) in [5, 5.41) is 0. The molecule has 5 heteroatoms. The molecule has 4 heterocycles. The maximum Gasteiger partial charge on any atom is 0.266 e. The molecule has 0 amide bonds. The van der Waals surface area contributed by atoms with Crippen molar-refractivity contribution in [2.45, 2.75) is 105 Å². The first kappa shape index (κ1) is 28.6. The van der Waals surface area contributed by atoms with Gasteiger partial charge in [0.15, 0.2) is 11.5 Å². The Labute approximate surface area is 268 Å². The molecule has 0 saturated carbocycles. The van der Waals surface area contributed by atoms with Crippen molar-refractivity contribution in [3.05, 3.63) is 70.8 Å². The maximum atomic E-state index is 7.10. The molecule has 0 fully saturated rings. The second-order valence-electron chi connectivity index (χ2n) is 17.5. The summed E-state index contributed by atoms with van der Waals surface area (Å²) in [5.74, 6) is 5.51. The lowest BCUT2D eigenvalue weighted by Crippen LogP contribution is -2.62. The van der Waals surface area contributed by atoms with Gasteiger partial charge in [0.2, 0.25) is 0 Å². The molecule has 0 spiro atoms. The van der Waals surface area contributed by atoms with Crippen molar-refractivity contribution in [1.82, 2.24) is 0 Å². The van der Waals surface area contributed by atoms with Crippen LogP contribution in [-0.4, -0.2) is 6.71 Å².